The van der Waals surface area contributed by atoms with Crippen molar-refractivity contribution in [2.45, 2.75) is 19.4 Å². The van der Waals surface area contributed by atoms with Crippen LogP contribution in [0, 0.1) is 0 Å². The van der Waals surface area contributed by atoms with Gasteiger partial charge in [-0.2, -0.15) is 0 Å². The second-order valence-corrected chi connectivity index (χ2v) is 6.02. The van der Waals surface area contributed by atoms with Gasteiger partial charge in [0.1, 0.15) is 17.5 Å². The summed E-state index contributed by atoms with van der Waals surface area (Å²) in [7, 11) is 3.24. The van der Waals surface area contributed by atoms with Crippen LogP contribution in [0.1, 0.15) is 13.3 Å². The van der Waals surface area contributed by atoms with E-state index < -0.39 is 6.04 Å². The fraction of sp³-hybridized carbons (Fsp3) is 0.300. The second-order valence-electron chi connectivity index (χ2n) is 6.02. The number of hydrogen-bond acceptors (Lipinski definition) is 5. The summed E-state index contributed by atoms with van der Waals surface area (Å²) in [5.74, 6) is 1.18. The minimum Gasteiger partial charge on any atom is -0.497 e. The lowest BCUT2D eigenvalue weighted by Gasteiger charge is -2.16. The van der Waals surface area contributed by atoms with E-state index in [1.807, 2.05) is 42.5 Å². The van der Waals surface area contributed by atoms with Crippen molar-refractivity contribution in [3.05, 3.63) is 42.5 Å². The number of carbonyl (C=O) groups is 2. The summed E-state index contributed by atoms with van der Waals surface area (Å²) in [6.07, 6.45) is 0.177. The van der Waals surface area contributed by atoms with Crippen LogP contribution >= 0.6 is 0 Å². The van der Waals surface area contributed by atoms with Crippen LogP contribution in [0.2, 0.25) is 0 Å². The summed E-state index contributed by atoms with van der Waals surface area (Å²) in [6, 6.07) is 12.7. The number of ether oxygens (including phenoxy) is 2. The molecule has 0 bridgehead atoms. The van der Waals surface area contributed by atoms with Gasteiger partial charge in [0.05, 0.1) is 20.6 Å². The lowest BCUT2D eigenvalue weighted by atomic mass is 10.0. The van der Waals surface area contributed by atoms with Crippen molar-refractivity contribution < 1.29 is 19.1 Å². The molecule has 1 atom stereocenters. The first-order chi connectivity index (χ1) is 12.6. The number of nitrogens with one attached hydrogen (secondary N) is 1. The highest BCUT2D eigenvalue weighted by Crippen LogP contribution is 2.34. The van der Waals surface area contributed by atoms with Crippen molar-refractivity contribution in [3.63, 3.8) is 0 Å². The Morgan fingerprint density at radius 1 is 1.08 bits per heavy atom. The Bertz CT molecular complexity index is 817. The van der Waals surface area contributed by atoms with Gasteiger partial charge in [-0.15, -0.1) is 0 Å². The summed E-state index contributed by atoms with van der Waals surface area (Å²) < 4.78 is 10.7. The Morgan fingerprint density at radius 3 is 2.38 bits per heavy atom. The van der Waals surface area contributed by atoms with Gasteiger partial charge in [0.15, 0.2) is 0 Å². The first-order valence-corrected chi connectivity index (χ1v) is 8.50. The number of hydrogen-bond donors (Lipinski definition) is 1. The third-order valence-corrected chi connectivity index (χ3v) is 4.50. The molecule has 0 aromatic heterocycles. The molecule has 1 heterocycles. The molecule has 0 saturated carbocycles. The number of amides is 2. The quantitative estimate of drug-likeness (QED) is 0.808. The number of rotatable bonds is 6. The molecule has 0 aliphatic carbocycles. The van der Waals surface area contributed by atoms with Crippen LogP contribution in [0.4, 0.5) is 5.69 Å². The topological polar surface area (TPSA) is 67.9 Å². The van der Waals surface area contributed by atoms with Gasteiger partial charge in [0.25, 0.3) is 5.91 Å². The molecule has 1 unspecified atom stereocenters. The maximum atomic E-state index is 12.3. The monoisotopic (exact) mass is 354 g/mol. The summed E-state index contributed by atoms with van der Waals surface area (Å²) in [5, 5.41) is 3.18. The number of carbonyl (C=O) groups excluding carboxylic acids is 2. The highest BCUT2D eigenvalue weighted by atomic mass is 16.5. The number of benzene rings is 2. The molecular formula is C20H22N2O4. The van der Waals surface area contributed by atoms with Gasteiger partial charge in [-0.25, -0.2) is 0 Å². The van der Waals surface area contributed by atoms with Crippen molar-refractivity contribution in [3.8, 4) is 22.6 Å². The zero-order chi connectivity index (χ0) is 18.7. The highest BCUT2D eigenvalue weighted by molar-refractivity contribution is 6.06. The summed E-state index contributed by atoms with van der Waals surface area (Å²) >= 11 is 0. The number of likely N-dealkylation sites (tertiary alicyclic amines) is 1. The van der Waals surface area contributed by atoms with Crippen LogP contribution in [0.25, 0.3) is 11.1 Å². The first-order valence-electron chi connectivity index (χ1n) is 8.50. The van der Waals surface area contributed by atoms with Crippen molar-refractivity contribution >= 4 is 17.5 Å². The minimum absolute atomic E-state index is 0.140. The van der Waals surface area contributed by atoms with E-state index in [2.05, 4.69) is 5.32 Å². The fourth-order valence-corrected chi connectivity index (χ4v) is 3.12. The Labute approximate surface area is 152 Å². The van der Waals surface area contributed by atoms with Gasteiger partial charge in [-0.1, -0.05) is 12.1 Å². The van der Waals surface area contributed by atoms with E-state index in [0.29, 0.717) is 6.54 Å². The Hall–Kier alpha value is -3.02. The molecule has 0 radical (unpaired) electrons. The van der Waals surface area contributed by atoms with Crippen LogP contribution < -0.4 is 14.8 Å². The molecule has 0 spiro atoms. The Morgan fingerprint density at radius 2 is 1.81 bits per heavy atom. The normalized spacial score (nSPS) is 16.7. The van der Waals surface area contributed by atoms with Gasteiger partial charge in [0.2, 0.25) is 5.91 Å². The second kappa shape index (κ2) is 7.47. The first kappa shape index (κ1) is 17.8. The molecule has 1 aliphatic heterocycles. The number of nitrogens with zero attached hydrogens (tertiary/aromatic N) is 1. The zero-order valence-electron chi connectivity index (χ0n) is 15.1. The minimum atomic E-state index is -0.528. The van der Waals surface area contributed by atoms with Gasteiger partial charge in [-0.3, -0.25) is 14.5 Å². The number of likely N-dealkylation sites (N-methyl/N-ethyl adjacent to an activating group) is 1. The largest absolute Gasteiger partial charge is 0.497 e. The van der Waals surface area contributed by atoms with Crippen molar-refractivity contribution in [2.75, 3.05) is 26.1 Å². The van der Waals surface area contributed by atoms with Crippen molar-refractivity contribution in [1.29, 1.82) is 0 Å². The summed E-state index contributed by atoms with van der Waals surface area (Å²) in [4.78, 5) is 25.5. The predicted octanol–water partition coefficient (Wildman–Crippen LogP) is 2.93. The molecule has 1 N–H and O–H groups in total. The maximum Gasteiger partial charge on any atom is 0.252 e. The highest BCUT2D eigenvalue weighted by Gasteiger charge is 2.37. The van der Waals surface area contributed by atoms with Crippen LogP contribution in [0.5, 0.6) is 11.5 Å². The molecule has 6 heteroatoms. The van der Waals surface area contributed by atoms with E-state index in [0.717, 1.165) is 28.3 Å². The molecule has 3 rings (SSSR count). The molecule has 6 nitrogen and oxygen atoms in total. The third kappa shape index (κ3) is 3.35. The molecule has 1 saturated heterocycles. The van der Waals surface area contributed by atoms with E-state index in [-0.39, 0.29) is 18.2 Å². The maximum absolute atomic E-state index is 12.3. The number of methoxy groups -OCH3 is 2. The third-order valence-electron chi connectivity index (χ3n) is 4.50. The van der Waals surface area contributed by atoms with E-state index in [4.69, 9.17) is 9.47 Å². The van der Waals surface area contributed by atoms with E-state index in [1.54, 1.807) is 21.1 Å². The molecular weight excluding hydrogens is 332 g/mol. The summed E-state index contributed by atoms with van der Waals surface area (Å²) in [5.41, 5.74) is 2.63. The van der Waals surface area contributed by atoms with E-state index in [1.165, 1.54) is 4.90 Å². The average molecular weight is 354 g/mol. The van der Waals surface area contributed by atoms with Gasteiger partial charge < -0.3 is 14.8 Å². The van der Waals surface area contributed by atoms with Gasteiger partial charge in [0, 0.05) is 17.8 Å². The SMILES string of the molecule is CCN1C(=O)CC(Nc2ccc(OC)c(-c3ccc(OC)cc3)c2)C1=O. The average Bonchev–Trinajstić information content (AvgIpc) is 2.94. The molecule has 1 aliphatic rings. The standard InChI is InChI=1S/C20H22N2O4/c1-4-22-19(23)12-17(20(22)24)21-14-7-10-18(26-3)16(11-14)13-5-8-15(25-2)9-6-13/h5-11,17,21H,4,12H2,1-3H3. The Kier molecular flexibility index (Phi) is 5.11. The molecule has 2 aromatic rings. The number of imide groups is 1. The van der Waals surface area contributed by atoms with Gasteiger partial charge in [-0.05, 0) is 42.8 Å². The van der Waals surface area contributed by atoms with E-state index in [9.17, 15) is 9.59 Å². The van der Waals surface area contributed by atoms with Crippen LogP contribution in [0.15, 0.2) is 42.5 Å². The molecule has 2 amide bonds. The van der Waals surface area contributed by atoms with Crippen LogP contribution in [-0.4, -0.2) is 43.5 Å². The fourth-order valence-electron chi connectivity index (χ4n) is 3.12. The lowest BCUT2D eigenvalue weighted by molar-refractivity contribution is -0.138. The lowest BCUT2D eigenvalue weighted by Crippen LogP contribution is -2.34. The molecule has 2 aromatic carbocycles. The Balaban J connectivity index is 1.88. The predicted molar refractivity (Wildman–Crippen MR) is 99.4 cm³/mol. The van der Waals surface area contributed by atoms with Crippen LogP contribution in [0.3, 0.4) is 0 Å². The molecule has 1 fully saturated rings. The number of anilines is 1. The molecule has 26 heavy (non-hydrogen) atoms. The van der Waals surface area contributed by atoms with Crippen molar-refractivity contribution in [1.82, 2.24) is 4.90 Å². The van der Waals surface area contributed by atoms with Crippen molar-refractivity contribution in [2.24, 2.45) is 0 Å². The van der Waals surface area contributed by atoms with Gasteiger partial charge >= 0.3 is 0 Å². The van der Waals surface area contributed by atoms with Crippen LogP contribution in [-0.2, 0) is 9.59 Å². The van der Waals surface area contributed by atoms with E-state index >= 15 is 0 Å². The zero-order valence-corrected chi connectivity index (χ0v) is 15.1. The molecule has 136 valence electrons. The smallest absolute Gasteiger partial charge is 0.252 e. The summed E-state index contributed by atoms with van der Waals surface area (Å²) in [6.45, 7) is 2.20.